The van der Waals surface area contributed by atoms with Crippen molar-refractivity contribution in [2.75, 3.05) is 20.7 Å². The van der Waals surface area contributed by atoms with Crippen molar-refractivity contribution >= 4 is 11.8 Å². The molecule has 0 spiro atoms. The Labute approximate surface area is 154 Å². The highest BCUT2D eigenvalue weighted by Gasteiger charge is 2.33. The van der Waals surface area contributed by atoms with Gasteiger partial charge in [-0.2, -0.15) is 13.2 Å². The molecule has 0 atom stereocenters. The first-order chi connectivity index (χ1) is 12.7. The monoisotopic (exact) mass is 380 g/mol. The summed E-state index contributed by atoms with van der Waals surface area (Å²) in [5, 5.41) is 2.45. The molecule has 2 aromatic rings. The van der Waals surface area contributed by atoms with E-state index in [0.29, 0.717) is 11.3 Å². The molecule has 0 aliphatic carbocycles. The van der Waals surface area contributed by atoms with E-state index < -0.39 is 23.6 Å². The zero-order valence-corrected chi connectivity index (χ0v) is 14.8. The van der Waals surface area contributed by atoms with Gasteiger partial charge in [0.15, 0.2) is 0 Å². The summed E-state index contributed by atoms with van der Waals surface area (Å²) in [4.78, 5) is 25.3. The van der Waals surface area contributed by atoms with Gasteiger partial charge in [-0.3, -0.25) is 9.59 Å². The Morgan fingerprint density at radius 2 is 1.70 bits per heavy atom. The summed E-state index contributed by atoms with van der Waals surface area (Å²) in [6.07, 6.45) is -4.50. The molecule has 0 aliphatic rings. The minimum absolute atomic E-state index is 0.0117. The molecule has 0 unspecified atom stereocenters. The van der Waals surface area contributed by atoms with Crippen LogP contribution in [0.25, 0.3) is 0 Å². The molecule has 144 valence electrons. The van der Waals surface area contributed by atoms with Crippen molar-refractivity contribution in [2.24, 2.45) is 0 Å². The van der Waals surface area contributed by atoms with Gasteiger partial charge in [0.05, 0.1) is 19.2 Å². The van der Waals surface area contributed by atoms with Gasteiger partial charge in [-0.25, -0.2) is 0 Å². The average molecular weight is 380 g/mol. The molecule has 1 N–H and O–H groups in total. The Hall–Kier alpha value is -3.03. The molecule has 0 saturated carbocycles. The van der Waals surface area contributed by atoms with Crippen LogP contribution in [0.1, 0.15) is 21.5 Å². The van der Waals surface area contributed by atoms with Gasteiger partial charge in [0.25, 0.3) is 5.91 Å². The Balaban J connectivity index is 1.95. The molecule has 27 heavy (non-hydrogen) atoms. The number of nitrogens with zero attached hydrogens (tertiary/aromatic N) is 1. The first-order valence-electron chi connectivity index (χ1n) is 8.03. The molecule has 5 nitrogen and oxygen atoms in total. The highest BCUT2D eigenvalue weighted by molar-refractivity contribution is 5.96. The van der Waals surface area contributed by atoms with Crippen LogP contribution < -0.4 is 10.1 Å². The van der Waals surface area contributed by atoms with Gasteiger partial charge < -0.3 is 15.0 Å². The van der Waals surface area contributed by atoms with Crippen LogP contribution in [0.5, 0.6) is 5.75 Å². The van der Waals surface area contributed by atoms with Crippen molar-refractivity contribution < 1.29 is 27.5 Å². The fourth-order valence-electron chi connectivity index (χ4n) is 2.41. The highest BCUT2D eigenvalue weighted by Crippen LogP contribution is 2.32. The number of nitrogens with one attached hydrogen (secondary N) is 1. The van der Waals surface area contributed by atoms with Gasteiger partial charge >= 0.3 is 6.18 Å². The topological polar surface area (TPSA) is 58.6 Å². The molecular formula is C19H19F3N2O3. The maximum atomic E-state index is 13.0. The van der Waals surface area contributed by atoms with Crippen LogP contribution in [0.4, 0.5) is 13.2 Å². The van der Waals surface area contributed by atoms with Gasteiger partial charge in [0, 0.05) is 19.2 Å². The summed E-state index contributed by atoms with van der Waals surface area (Å²) in [6, 6.07) is 11.4. The number of carbonyl (C=O) groups excluding carboxylic acids is 2. The Morgan fingerprint density at radius 3 is 2.30 bits per heavy atom. The molecule has 2 rings (SSSR count). The molecule has 8 heteroatoms. The predicted molar refractivity (Wildman–Crippen MR) is 93.2 cm³/mol. The molecule has 0 aromatic heterocycles. The lowest BCUT2D eigenvalue weighted by Crippen LogP contribution is -2.38. The molecule has 2 aromatic carbocycles. The number of alkyl halides is 3. The molecule has 2 amide bonds. The molecule has 0 heterocycles. The minimum Gasteiger partial charge on any atom is -0.497 e. The second-order valence-corrected chi connectivity index (χ2v) is 5.82. The number of ether oxygens (including phenoxy) is 1. The molecule has 0 radical (unpaired) electrons. The maximum absolute atomic E-state index is 13.0. The fourth-order valence-corrected chi connectivity index (χ4v) is 2.41. The van der Waals surface area contributed by atoms with Crippen molar-refractivity contribution in [3.05, 3.63) is 65.2 Å². The lowest BCUT2D eigenvalue weighted by atomic mass is 10.1. The summed E-state index contributed by atoms with van der Waals surface area (Å²) in [5.74, 6) is -0.380. The van der Waals surface area contributed by atoms with E-state index in [0.717, 1.165) is 11.0 Å². The molecule has 0 aliphatic heterocycles. The largest absolute Gasteiger partial charge is 0.497 e. The van der Waals surface area contributed by atoms with E-state index in [1.807, 2.05) is 0 Å². The molecular weight excluding hydrogens is 361 g/mol. The zero-order chi connectivity index (χ0) is 20.0. The van der Waals surface area contributed by atoms with Crippen LogP contribution in [0.15, 0.2) is 48.5 Å². The smallest absolute Gasteiger partial charge is 0.416 e. The second kappa shape index (κ2) is 8.57. The lowest BCUT2D eigenvalue weighted by Gasteiger charge is -2.20. The van der Waals surface area contributed by atoms with E-state index in [1.54, 1.807) is 24.3 Å². The van der Waals surface area contributed by atoms with Gasteiger partial charge in [-0.15, -0.1) is 0 Å². The standard InChI is InChI=1S/C19H19F3N2O3/c1-24(12-14-5-3-4-6-16(14)19(20,21)22)17(25)11-23-18(26)13-7-9-15(27-2)10-8-13/h3-10H,11-12H2,1-2H3,(H,23,26). The first kappa shape index (κ1) is 20.3. The highest BCUT2D eigenvalue weighted by atomic mass is 19.4. The SMILES string of the molecule is COc1ccc(C(=O)NCC(=O)N(C)Cc2ccccc2C(F)(F)F)cc1. The number of amides is 2. The molecule has 0 saturated heterocycles. The Bertz CT molecular complexity index is 805. The second-order valence-electron chi connectivity index (χ2n) is 5.82. The zero-order valence-electron chi connectivity index (χ0n) is 14.8. The Morgan fingerprint density at radius 1 is 1.07 bits per heavy atom. The number of methoxy groups -OCH3 is 1. The third-order valence-corrected chi connectivity index (χ3v) is 3.91. The molecule has 0 fully saturated rings. The number of hydrogen-bond acceptors (Lipinski definition) is 3. The summed E-state index contributed by atoms with van der Waals surface area (Å²) in [5.41, 5.74) is -0.456. The normalized spacial score (nSPS) is 11.0. The van der Waals surface area contributed by atoms with Gasteiger partial charge in [-0.05, 0) is 35.9 Å². The van der Waals surface area contributed by atoms with Gasteiger partial charge in [0.1, 0.15) is 5.75 Å². The van der Waals surface area contributed by atoms with Gasteiger partial charge in [0.2, 0.25) is 5.91 Å². The predicted octanol–water partition coefficient (Wildman–Crippen LogP) is 3.10. The van der Waals surface area contributed by atoms with E-state index >= 15 is 0 Å². The van der Waals surface area contributed by atoms with Crippen molar-refractivity contribution in [2.45, 2.75) is 12.7 Å². The quantitative estimate of drug-likeness (QED) is 0.838. The van der Waals surface area contributed by atoms with Gasteiger partial charge in [-0.1, -0.05) is 18.2 Å². The number of benzene rings is 2. The van der Waals surface area contributed by atoms with E-state index in [9.17, 15) is 22.8 Å². The van der Waals surface area contributed by atoms with Crippen LogP contribution in [-0.4, -0.2) is 37.4 Å². The van der Waals surface area contributed by atoms with Crippen molar-refractivity contribution in [1.29, 1.82) is 0 Å². The number of likely N-dealkylation sites (N-methyl/N-ethyl adjacent to an activating group) is 1. The fraction of sp³-hybridized carbons (Fsp3) is 0.263. The summed E-state index contributed by atoms with van der Waals surface area (Å²) < 4.78 is 44.1. The summed E-state index contributed by atoms with van der Waals surface area (Å²) >= 11 is 0. The summed E-state index contributed by atoms with van der Waals surface area (Å²) in [6.45, 7) is -0.539. The van der Waals surface area contributed by atoms with Crippen molar-refractivity contribution in [3.63, 3.8) is 0 Å². The summed E-state index contributed by atoms with van der Waals surface area (Å²) in [7, 11) is 2.88. The van der Waals surface area contributed by atoms with Crippen molar-refractivity contribution in [3.8, 4) is 5.75 Å². The Kier molecular flexibility index (Phi) is 6.44. The van der Waals surface area contributed by atoms with Crippen molar-refractivity contribution in [1.82, 2.24) is 10.2 Å². The number of carbonyl (C=O) groups is 2. The van der Waals surface area contributed by atoms with E-state index in [2.05, 4.69) is 5.32 Å². The number of rotatable bonds is 6. The number of halogens is 3. The molecule has 0 bridgehead atoms. The van der Waals surface area contributed by atoms with Crippen LogP contribution in [0, 0.1) is 0 Å². The minimum atomic E-state index is -4.50. The van der Waals surface area contributed by atoms with E-state index in [1.165, 1.54) is 32.4 Å². The van der Waals surface area contributed by atoms with E-state index in [4.69, 9.17) is 4.74 Å². The average Bonchev–Trinajstić information content (AvgIpc) is 2.65. The van der Waals surface area contributed by atoms with Crippen LogP contribution >= 0.6 is 0 Å². The maximum Gasteiger partial charge on any atom is 0.416 e. The van der Waals surface area contributed by atoms with Crippen LogP contribution in [0.2, 0.25) is 0 Å². The van der Waals surface area contributed by atoms with E-state index in [-0.39, 0.29) is 18.7 Å². The first-order valence-corrected chi connectivity index (χ1v) is 8.03. The third kappa shape index (κ3) is 5.47. The van der Waals surface area contributed by atoms with Crippen LogP contribution in [0.3, 0.4) is 0 Å². The third-order valence-electron chi connectivity index (χ3n) is 3.91. The lowest BCUT2D eigenvalue weighted by molar-refractivity contribution is -0.139. The van der Waals surface area contributed by atoms with Crippen LogP contribution in [-0.2, 0) is 17.5 Å². The number of hydrogen-bond donors (Lipinski definition) is 1.